The van der Waals surface area contributed by atoms with E-state index in [1.54, 1.807) is 10.0 Å². The minimum Gasteiger partial charge on any atom is -0.353 e. The first kappa shape index (κ1) is 15.7. The van der Waals surface area contributed by atoms with Gasteiger partial charge in [-0.2, -0.15) is 0 Å². The molecule has 2 aliphatic rings. The molecule has 2 aromatic carbocycles. The second kappa shape index (κ2) is 6.59. The lowest BCUT2D eigenvalue weighted by Crippen LogP contribution is -2.54. The summed E-state index contributed by atoms with van der Waals surface area (Å²) in [5.74, 6) is -0.0430. The molecule has 0 spiro atoms. The van der Waals surface area contributed by atoms with Crippen LogP contribution in [-0.4, -0.2) is 41.5 Å². The molecule has 2 fully saturated rings. The molecule has 4 rings (SSSR count). The van der Waals surface area contributed by atoms with Gasteiger partial charge in [0.1, 0.15) is 0 Å². The number of benzene rings is 2. The summed E-state index contributed by atoms with van der Waals surface area (Å²) in [5.41, 5.74) is 1.99. The standard InChI is InChI=1S/C20H21N3O2/c24-19-14-21(17-10-5-2-6-11-17)15-20(25)23-18(12-7-13-22(19)23)16-8-3-1-4-9-16/h1-6,8-11,18H,7,12-15H2/t18-/m1/s1. The van der Waals surface area contributed by atoms with Crippen LogP contribution in [0.25, 0.3) is 0 Å². The lowest BCUT2D eigenvalue weighted by molar-refractivity contribution is -0.171. The van der Waals surface area contributed by atoms with E-state index in [1.165, 1.54) is 0 Å². The van der Waals surface area contributed by atoms with Crippen LogP contribution < -0.4 is 4.90 Å². The molecule has 5 nitrogen and oxygen atoms in total. The molecule has 2 aliphatic heterocycles. The van der Waals surface area contributed by atoms with Crippen molar-refractivity contribution < 1.29 is 9.59 Å². The monoisotopic (exact) mass is 335 g/mol. The topological polar surface area (TPSA) is 43.9 Å². The molecule has 2 saturated heterocycles. The molecule has 0 N–H and O–H groups in total. The fourth-order valence-electron chi connectivity index (χ4n) is 3.73. The summed E-state index contributed by atoms with van der Waals surface area (Å²) in [5, 5.41) is 3.36. The van der Waals surface area contributed by atoms with E-state index in [2.05, 4.69) is 0 Å². The third-order valence-corrected chi connectivity index (χ3v) is 4.90. The predicted octanol–water partition coefficient (Wildman–Crippen LogP) is 2.61. The Morgan fingerprint density at radius 1 is 0.800 bits per heavy atom. The molecule has 2 heterocycles. The molecule has 0 unspecified atom stereocenters. The van der Waals surface area contributed by atoms with Crippen LogP contribution >= 0.6 is 0 Å². The lowest BCUT2D eigenvalue weighted by Gasteiger charge is -2.43. The highest BCUT2D eigenvalue weighted by atomic mass is 16.2. The summed E-state index contributed by atoms with van der Waals surface area (Å²) < 4.78 is 0. The highest BCUT2D eigenvalue weighted by molar-refractivity contribution is 5.91. The van der Waals surface area contributed by atoms with Crippen molar-refractivity contribution in [3.63, 3.8) is 0 Å². The number of carbonyl (C=O) groups excluding carboxylic acids is 2. The molecule has 0 aromatic heterocycles. The number of carbonyl (C=O) groups is 2. The largest absolute Gasteiger partial charge is 0.353 e. The molecule has 0 radical (unpaired) electrons. The summed E-state index contributed by atoms with van der Waals surface area (Å²) in [6, 6.07) is 19.6. The van der Waals surface area contributed by atoms with E-state index < -0.39 is 0 Å². The fraction of sp³-hybridized carbons (Fsp3) is 0.300. The Labute approximate surface area is 147 Å². The first-order valence-corrected chi connectivity index (χ1v) is 8.71. The number of hydrogen-bond acceptors (Lipinski definition) is 3. The number of rotatable bonds is 2. The van der Waals surface area contributed by atoms with Gasteiger partial charge in [0.2, 0.25) is 0 Å². The van der Waals surface area contributed by atoms with Gasteiger partial charge in [-0.3, -0.25) is 9.59 Å². The summed E-state index contributed by atoms with van der Waals surface area (Å²) >= 11 is 0. The number of hydrogen-bond donors (Lipinski definition) is 0. The third kappa shape index (κ3) is 2.97. The Hall–Kier alpha value is -2.82. The summed E-state index contributed by atoms with van der Waals surface area (Å²) in [6.45, 7) is 1.06. The van der Waals surface area contributed by atoms with Gasteiger partial charge in [-0.05, 0) is 30.5 Å². The van der Waals surface area contributed by atoms with Crippen LogP contribution in [-0.2, 0) is 9.59 Å². The van der Waals surface area contributed by atoms with Crippen molar-refractivity contribution in [1.29, 1.82) is 0 Å². The fourth-order valence-corrected chi connectivity index (χ4v) is 3.73. The second-order valence-electron chi connectivity index (χ2n) is 6.52. The van der Waals surface area contributed by atoms with Crippen LogP contribution in [0.3, 0.4) is 0 Å². The van der Waals surface area contributed by atoms with Crippen molar-refractivity contribution in [2.24, 2.45) is 0 Å². The van der Waals surface area contributed by atoms with Crippen LogP contribution in [0, 0.1) is 0 Å². The van der Waals surface area contributed by atoms with Crippen molar-refractivity contribution in [1.82, 2.24) is 10.0 Å². The van der Waals surface area contributed by atoms with Crippen molar-refractivity contribution in [3.05, 3.63) is 66.2 Å². The number of amides is 2. The van der Waals surface area contributed by atoms with Gasteiger partial charge in [0, 0.05) is 12.2 Å². The number of fused-ring (bicyclic) bond motifs is 1. The minimum atomic E-state index is -0.0675. The Bertz CT molecular complexity index is 763. The Morgan fingerprint density at radius 2 is 1.44 bits per heavy atom. The van der Waals surface area contributed by atoms with Crippen LogP contribution in [0.4, 0.5) is 5.69 Å². The van der Waals surface area contributed by atoms with E-state index in [4.69, 9.17) is 0 Å². The Kier molecular flexibility index (Phi) is 4.14. The second-order valence-corrected chi connectivity index (χ2v) is 6.52. The number of hydrazine groups is 1. The summed E-state index contributed by atoms with van der Waals surface area (Å²) in [7, 11) is 0. The maximum absolute atomic E-state index is 13.1. The zero-order valence-electron chi connectivity index (χ0n) is 14.0. The van der Waals surface area contributed by atoms with Crippen LogP contribution in [0.5, 0.6) is 0 Å². The normalized spacial score (nSPS) is 21.1. The van der Waals surface area contributed by atoms with Crippen LogP contribution in [0.2, 0.25) is 0 Å². The van der Waals surface area contributed by atoms with E-state index in [-0.39, 0.29) is 30.9 Å². The molecule has 0 aliphatic carbocycles. The van der Waals surface area contributed by atoms with Gasteiger partial charge >= 0.3 is 0 Å². The smallest absolute Gasteiger partial charge is 0.261 e. The molecule has 0 saturated carbocycles. The van der Waals surface area contributed by atoms with Crippen LogP contribution in [0.15, 0.2) is 60.7 Å². The predicted molar refractivity (Wildman–Crippen MR) is 95.6 cm³/mol. The summed E-state index contributed by atoms with van der Waals surface area (Å²) in [4.78, 5) is 27.8. The molecular weight excluding hydrogens is 314 g/mol. The Balaban J connectivity index is 1.67. The van der Waals surface area contributed by atoms with Gasteiger partial charge in [-0.15, -0.1) is 0 Å². The minimum absolute atomic E-state index is 0.0182. The van der Waals surface area contributed by atoms with Gasteiger partial charge in [0.05, 0.1) is 19.1 Å². The molecule has 128 valence electrons. The average Bonchev–Trinajstić information content (AvgIpc) is 2.80. The zero-order valence-corrected chi connectivity index (χ0v) is 14.0. The van der Waals surface area contributed by atoms with E-state index in [9.17, 15) is 9.59 Å². The third-order valence-electron chi connectivity index (χ3n) is 4.90. The zero-order chi connectivity index (χ0) is 17.2. The van der Waals surface area contributed by atoms with Gasteiger partial charge in [0.25, 0.3) is 11.8 Å². The molecule has 25 heavy (non-hydrogen) atoms. The molecule has 1 atom stereocenters. The van der Waals surface area contributed by atoms with E-state index in [1.807, 2.05) is 65.6 Å². The van der Waals surface area contributed by atoms with Crippen LogP contribution in [0.1, 0.15) is 24.4 Å². The number of para-hydroxylation sites is 1. The first-order chi connectivity index (χ1) is 12.2. The van der Waals surface area contributed by atoms with E-state index >= 15 is 0 Å². The molecular formula is C20H21N3O2. The van der Waals surface area contributed by atoms with Gasteiger partial charge < -0.3 is 4.90 Å². The Morgan fingerprint density at radius 3 is 2.16 bits per heavy atom. The average molecular weight is 335 g/mol. The SMILES string of the molecule is O=C1CN(c2ccccc2)CC(=O)N2[C@@H](c3ccccc3)CCCN12. The maximum Gasteiger partial charge on any atom is 0.261 e. The molecule has 2 amide bonds. The maximum atomic E-state index is 13.1. The lowest BCUT2D eigenvalue weighted by atomic mass is 9.99. The van der Waals surface area contributed by atoms with Crippen molar-refractivity contribution in [2.45, 2.75) is 18.9 Å². The summed E-state index contributed by atoms with van der Waals surface area (Å²) in [6.07, 6.45) is 1.78. The molecule has 5 heteroatoms. The van der Waals surface area contributed by atoms with Gasteiger partial charge in [-0.1, -0.05) is 48.5 Å². The highest BCUT2D eigenvalue weighted by Gasteiger charge is 2.40. The van der Waals surface area contributed by atoms with Crippen molar-refractivity contribution in [3.8, 4) is 0 Å². The molecule has 0 bridgehead atoms. The van der Waals surface area contributed by atoms with E-state index in [0.29, 0.717) is 6.54 Å². The van der Waals surface area contributed by atoms with E-state index in [0.717, 1.165) is 24.1 Å². The van der Waals surface area contributed by atoms with Crippen molar-refractivity contribution >= 4 is 17.5 Å². The van der Waals surface area contributed by atoms with Crippen molar-refractivity contribution in [2.75, 3.05) is 24.5 Å². The highest BCUT2D eigenvalue weighted by Crippen LogP contribution is 2.33. The van der Waals surface area contributed by atoms with Gasteiger partial charge in [-0.25, -0.2) is 10.0 Å². The number of anilines is 1. The first-order valence-electron chi connectivity index (χ1n) is 8.71. The quantitative estimate of drug-likeness (QED) is 0.847. The van der Waals surface area contributed by atoms with Gasteiger partial charge in [0.15, 0.2) is 0 Å². The molecule has 2 aromatic rings. The number of nitrogens with zero attached hydrogens (tertiary/aromatic N) is 3.